The topological polar surface area (TPSA) is 35.5 Å². The largest absolute Gasteiger partial charge is 0.389 e. The van der Waals surface area contributed by atoms with Crippen LogP contribution in [0.25, 0.3) is 0 Å². The molecule has 2 fully saturated rings. The number of hydrogen-bond donors (Lipinski definition) is 2. The molecule has 0 amide bonds. The van der Waals surface area contributed by atoms with E-state index < -0.39 is 5.60 Å². The van der Waals surface area contributed by atoms with Gasteiger partial charge < -0.3 is 15.3 Å². The molecule has 0 atom stereocenters. The van der Waals surface area contributed by atoms with E-state index in [0.29, 0.717) is 0 Å². The van der Waals surface area contributed by atoms with Crippen LogP contribution in [0.1, 0.15) is 32.1 Å². The van der Waals surface area contributed by atoms with Crippen LogP contribution in [0.4, 0.5) is 0 Å². The molecule has 0 bridgehead atoms. The fourth-order valence-corrected chi connectivity index (χ4v) is 3.75. The standard InChI is InChI=1S/C13H26N2OS/c16-13(4-2-1-3-5-13)12-14-6-7-15-8-10-17-11-9-15/h14,16H,1-12H2. The van der Waals surface area contributed by atoms with Crippen molar-refractivity contribution in [2.75, 3.05) is 44.2 Å². The Bertz CT molecular complexity index is 213. The summed E-state index contributed by atoms with van der Waals surface area (Å²) < 4.78 is 0. The average Bonchev–Trinajstić information content (AvgIpc) is 2.37. The summed E-state index contributed by atoms with van der Waals surface area (Å²) in [7, 11) is 0. The van der Waals surface area contributed by atoms with E-state index in [1.54, 1.807) is 0 Å². The monoisotopic (exact) mass is 258 g/mol. The summed E-state index contributed by atoms with van der Waals surface area (Å²) in [5, 5.41) is 13.8. The number of hydrogen-bond acceptors (Lipinski definition) is 4. The van der Waals surface area contributed by atoms with E-state index in [0.717, 1.165) is 32.5 Å². The fraction of sp³-hybridized carbons (Fsp3) is 1.00. The van der Waals surface area contributed by atoms with Crippen LogP contribution in [0.2, 0.25) is 0 Å². The van der Waals surface area contributed by atoms with Gasteiger partial charge in [0, 0.05) is 44.2 Å². The van der Waals surface area contributed by atoms with Crippen LogP contribution in [-0.4, -0.2) is 59.8 Å². The molecule has 100 valence electrons. The maximum absolute atomic E-state index is 10.3. The predicted molar refractivity (Wildman–Crippen MR) is 74.7 cm³/mol. The molecule has 0 aromatic rings. The molecule has 1 heterocycles. The van der Waals surface area contributed by atoms with E-state index in [-0.39, 0.29) is 0 Å². The molecule has 1 aliphatic carbocycles. The summed E-state index contributed by atoms with van der Waals surface area (Å²) in [6.45, 7) is 5.41. The smallest absolute Gasteiger partial charge is 0.0771 e. The first-order chi connectivity index (χ1) is 8.29. The molecule has 3 nitrogen and oxygen atoms in total. The summed E-state index contributed by atoms with van der Waals surface area (Å²) in [6, 6.07) is 0. The van der Waals surface area contributed by atoms with Crippen molar-refractivity contribution in [3.8, 4) is 0 Å². The maximum Gasteiger partial charge on any atom is 0.0771 e. The summed E-state index contributed by atoms with van der Waals surface area (Å²) in [5.41, 5.74) is -0.407. The molecule has 0 unspecified atom stereocenters. The zero-order valence-corrected chi connectivity index (χ0v) is 11.6. The average molecular weight is 258 g/mol. The van der Waals surface area contributed by atoms with Gasteiger partial charge in [-0.1, -0.05) is 19.3 Å². The Hall–Kier alpha value is 0.230. The highest BCUT2D eigenvalue weighted by Gasteiger charge is 2.28. The van der Waals surface area contributed by atoms with Gasteiger partial charge in [-0.05, 0) is 12.8 Å². The Morgan fingerprint density at radius 2 is 1.82 bits per heavy atom. The number of thioether (sulfide) groups is 1. The first-order valence-electron chi connectivity index (χ1n) is 7.02. The van der Waals surface area contributed by atoms with Crippen LogP contribution < -0.4 is 5.32 Å². The lowest BCUT2D eigenvalue weighted by Crippen LogP contribution is -2.45. The van der Waals surface area contributed by atoms with E-state index in [2.05, 4.69) is 22.0 Å². The quantitative estimate of drug-likeness (QED) is 0.729. The van der Waals surface area contributed by atoms with Crippen molar-refractivity contribution in [1.82, 2.24) is 10.2 Å². The summed E-state index contributed by atoms with van der Waals surface area (Å²) in [4.78, 5) is 2.52. The molecule has 1 saturated carbocycles. The minimum atomic E-state index is -0.407. The maximum atomic E-state index is 10.3. The third-order valence-electron chi connectivity index (χ3n) is 3.95. The van der Waals surface area contributed by atoms with E-state index >= 15 is 0 Å². The van der Waals surface area contributed by atoms with E-state index in [1.165, 1.54) is 43.9 Å². The van der Waals surface area contributed by atoms with Crippen molar-refractivity contribution in [3.63, 3.8) is 0 Å². The van der Waals surface area contributed by atoms with Crippen LogP contribution in [0.3, 0.4) is 0 Å². The van der Waals surface area contributed by atoms with Gasteiger partial charge in [0.05, 0.1) is 5.60 Å². The highest BCUT2D eigenvalue weighted by molar-refractivity contribution is 7.99. The van der Waals surface area contributed by atoms with Gasteiger partial charge in [0.1, 0.15) is 0 Å². The lowest BCUT2D eigenvalue weighted by atomic mass is 9.85. The molecule has 0 spiro atoms. The molecule has 2 rings (SSSR count). The molecular formula is C13H26N2OS. The Kier molecular flexibility index (Phi) is 5.60. The van der Waals surface area contributed by atoms with E-state index in [4.69, 9.17) is 0 Å². The minimum absolute atomic E-state index is 0.407. The van der Waals surface area contributed by atoms with Crippen molar-refractivity contribution in [2.45, 2.75) is 37.7 Å². The lowest BCUT2D eigenvalue weighted by Gasteiger charge is -2.33. The molecule has 4 heteroatoms. The number of nitrogens with one attached hydrogen (secondary N) is 1. The molecule has 2 N–H and O–H groups in total. The van der Waals surface area contributed by atoms with Gasteiger partial charge in [0.2, 0.25) is 0 Å². The molecule has 17 heavy (non-hydrogen) atoms. The summed E-state index contributed by atoms with van der Waals surface area (Å²) in [6.07, 6.45) is 5.66. The second-order valence-corrected chi connectivity index (χ2v) is 6.64. The number of nitrogens with zero attached hydrogens (tertiary/aromatic N) is 1. The van der Waals surface area contributed by atoms with Crippen LogP contribution in [0.15, 0.2) is 0 Å². The van der Waals surface area contributed by atoms with Crippen LogP contribution in [0.5, 0.6) is 0 Å². The number of rotatable bonds is 5. The third-order valence-corrected chi connectivity index (χ3v) is 4.89. The predicted octanol–water partition coefficient (Wildman–Crippen LogP) is 1.32. The van der Waals surface area contributed by atoms with Gasteiger partial charge in [0.15, 0.2) is 0 Å². The third kappa shape index (κ3) is 4.78. The van der Waals surface area contributed by atoms with Gasteiger partial charge in [-0.3, -0.25) is 0 Å². The van der Waals surface area contributed by atoms with Crippen molar-refractivity contribution < 1.29 is 5.11 Å². The second-order valence-electron chi connectivity index (χ2n) is 5.42. The Morgan fingerprint density at radius 3 is 2.53 bits per heavy atom. The molecule has 0 aromatic carbocycles. The van der Waals surface area contributed by atoms with Gasteiger partial charge >= 0.3 is 0 Å². The normalized spacial score (nSPS) is 25.9. The zero-order valence-electron chi connectivity index (χ0n) is 10.8. The Balaban J connectivity index is 1.55. The molecule has 1 aliphatic heterocycles. The van der Waals surface area contributed by atoms with E-state index in [1.807, 2.05) is 0 Å². The SMILES string of the molecule is OC1(CNCCN2CCSCC2)CCCCC1. The van der Waals surface area contributed by atoms with Gasteiger partial charge in [-0.25, -0.2) is 0 Å². The molecule has 0 radical (unpaired) electrons. The molecule has 2 aliphatic rings. The van der Waals surface area contributed by atoms with Gasteiger partial charge in [-0.2, -0.15) is 11.8 Å². The summed E-state index contributed by atoms with van der Waals surface area (Å²) in [5.74, 6) is 2.56. The van der Waals surface area contributed by atoms with Gasteiger partial charge in [-0.15, -0.1) is 0 Å². The summed E-state index contributed by atoms with van der Waals surface area (Å²) >= 11 is 2.06. The van der Waals surface area contributed by atoms with Crippen molar-refractivity contribution in [1.29, 1.82) is 0 Å². The van der Waals surface area contributed by atoms with Crippen LogP contribution in [-0.2, 0) is 0 Å². The Labute approximate surface area is 109 Å². The zero-order chi connectivity index (χ0) is 12.0. The van der Waals surface area contributed by atoms with E-state index in [9.17, 15) is 5.11 Å². The van der Waals surface area contributed by atoms with Crippen molar-refractivity contribution >= 4 is 11.8 Å². The second kappa shape index (κ2) is 6.98. The highest BCUT2D eigenvalue weighted by atomic mass is 32.2. The fourth-order valence-electron chi connectivity index (χ4n) is 2.77. The first-order valence-corrected chi connectivity index (χ1v) is 8.17. The van der Waals surface area contributed by atoms with Crippen molar-refractivity contribution in [3.05, 3.63) is 0 Å². The lowest BCUT2D eigenvalue weighted by molar-refractivity contribution is 0.00472. The Morgan fingerprint density at radius 1 is 1.12 bits per heavy atom. The minimum Gasteiger partial charge on any atom is -0.389 e. The van der Waals surface area contributed by atoms with Crippen LogP contribution >= 0.6 is 11.8 Å². The first kappa shape index (κ1) is 13.7. The highest BCUT2D eigenvalue weighted by Crippen LogP contribution is 2.27. The van der Waals surface area contributed by atoms with Crippen LogP contribution in [0, 0.1) is 0 Å². The van der Waals surface area contributed by atoms with Gasteiger partial charge in [0.25, 0.3) is 0 Å². The van der Waals surface area contributed by atoms with Crippen molar-refractivity contribution in [2.24, 2.45) is 0 Å². The molecular weight excluding hydrogens is 232 g/mol. The molecule has 0 aromatic heterocycles. The molecule has 1 saturated heterocycles. The number of aliphatic hydroxyl groups is 1.